The molecule has 0 spiro atoms. The summed E-state index contributed by atoms with van der Waals surface area (Å²) >= 11 is 0. The predicted octanol–water partition coefficient (Wildman–Crippen LogP) is 19.9. The van der Waals surface area contributed by atoms with Crippen molar-refractivity contribution in [1.82, 2.24) is 0 Å². The van der Waals surface area contributed by atoms with Crippen LogP contribution in [0, 0.1) is 0 Å². The van der Waals surface area contributed by atoms with Crippen LogP contribution < -0.4 is 28.7 Å². The molecule has 0 radical (unpaired) electrons. The second kappa shape index (κ2) is 21.1. The average Bonchev–Trinajstić information content (AvgIpc) is 3.26. The molecule has 0 aromatic heterocycles. The van der Waals surface area contributed by atoms with Crippen molar-refractivity contribution in [3.8, 4) is 34.1 Å². The summed E-state index contributed by atoms with van der Waals surface area (Å²) in [6.07, 6.45) is 0. The van der Waals surface area contributed by atoms with Crippen LogP contribution in [0.1, 0.15) is 211 Å². The van der Waals surface area contributed by atoms with Gasteiger partial charge in [-0.05, 0) is 107 Å². The van der Waals surface area contributed by atoms with Crippen LogP contribution in [0.2, 0.25) is 0 Å². The van der Waals surface area contributed by atoms with Crippen LogP contribution in [0.25, 0.3) is 11.1 Å². The molecule has 0 N–H and O–H groups in total. The monoisotopic (exact) mass is 1030 g/mol. The zero-order chi connectivity index (χ0) is 55.4. The smallest absolute Gasteiger partial charge is 0.327 e. The van der Waals surface area contributed by atoms with E-state index in [4.69, 9.17) is 18.1 Å². The van der Waals surface area contributed by atoms with Crippen LogP contribution in [-0.4, -0.2) is 0 Å². The van der Waals surface area contributed by atoms with Gasteiger partial charge in [0.2, 0.25) is 0 Å². The number of rotatable bonds is 11. The molecule has 6 aromatic rings. The molecule has 4 nitrogen and oxygen atoms in total. The molecule has 0 heterocycles. The van der Waals surface area contributed by atoms with Crippen molar-refractivity contribution in [2.24, 2.45) is 0 Å². The van der Waals surface area contributed by atoms with E-state index in [0.717, 1.165) is 67.0 Å². The number of hydrogen-bond acceptors (Lipinski definition) is 4. The molecule has 6 aromatic carbocycles. The Morgan fingerprint density at radius 2 is 0.554 bits per heavy atom. The van der Waals surface area contributed by atoms with Gasteiger partial charge in [-0.3, -0.25) is 0 Å². The van der Waals surface area contributed by atoms with Crippen LogP contribution in [0.3, 0.4) is 0 Å². The summed E-state index contributed by atoms with van der Waals surface area (Å²) in [6.45, 7) is 54.5. The maximum Gasteiger partial charge on any atom is 0.327 e. The summed E-state index contributed by atoms with van der Waals surface area (Å²) in [5.74, 6) is 3.17. The molecule has 0 amide bonds. The van der Waals surface area contributed by atoms with Gasteiger partial charge in [0.25, 0.3) is 0 Å². The van der Waals surface area contributed by atoms with E-state index in [1.807, 2.05) is 0 Å². The van der Waals surface area contributed by atoms with Crippen LogP contribution in [0.4, 0.5) is 0 Å². The highest BCUT2D eigenvalue weighted by Gasteiger charge is 2.38. The molecule has 6 rings (SSSR count). The Morgan fingerprint density at radius 3 is 0.824 bits per heavy atom. The number of hydrogen-bond donors (Lipinski definition) is 0. The molecule has 0 unspecified atom stereocenters. The topological polar surface area (TPSA) is 36.9 Å². The molecule has 0 aliphatic heterocycles. The fraction of sp³-hybridized carbons (Fsp3) is 0.471. The Balaban J connectivity index is 1.77. The van der Waals surface area contributed by atoms with Gasteiger partial charge >= 0.3 is 16.8 Å². The molecule has 0 aliphatic rings. The van der Waals surface area contributed by atoms with Crippen LogP contribution >= 0.6 is 16.8 Å². The SMILES string of the molecule is CC(C)(C)c1ccc(OP(Oc2ccc(C(C)(C)C)cc2C(C)(C)C)c2cccc(-c3ccccc3)c2P(Oc2ccc(C(C)(C)C)cc2C(C)(C)C)Oc2ccc(C(C)(C)C)cc2C(C)(C)C)c(C(C)(C)C)c1. The van der Waals surface area contributed by atoms with Crippen LogP contribution in [-0.2, 0) is 43.3 Å². The molecule has 0 saturated carbocycles. The quantitative estimate of drug-likeness (QED) is 0.121. The highest BCUT2D eigenvalue weighted by Crippen LogP contribution is 2.53. The van der Waals surface area contributed by atoms with Gasteiger partial charge in [0.15, 0.2) is 0 Å². The van der Waals surface area contributed by atoms with Crippen molar-refractivity contribution in [3.63, 3.8) is 0 Å². The summed E-state index contributed by atoms with van der Waals surface area (Å²) < 4.78 is 30.9. The van der Waals surface area contributed by atoms with Gasteiger partial charge in [0.05, 0.1) is 10.6 Å². The van der Waals surface area contributed by atoms with Crippen molar-refractivity contribution in [3.05, 3.63) is 166 Å². The lowest BCUT2D eigenvalue weighted by Gasteiger charge is -2.33. The Kier molecular flexibility index (Phi) is 16.7. The van der Waals surface area contributed by atoms with E-state index in [0.29, 0.717) is 0 Å². The van der Waals surface area contributed by atoms with Gasteiger partial charge in [-0.1, -0.05) is 257 Å². The largest absolute Gasteiger partial charge is 0.435 e. The fourth-order valence-corrected chi connectivity index (χ4v) is 12.4. The van der Waals surface area contributed by atoms with Gasteiger partial charge in [-0.15, -0.1) is 0 Å². The lowest BCUT2D eigenvalue weighted by molar-refractivity contribution is 0.462. The summed E-state index contributed by atoms with van der Waals surface area (Å²) in [4.78, 5) is 0. The second-order valence-electron chi connectivity index (χ2n) is 28.8. The highest BCUT2D eigenvalue weighted by molar-refractivity contribution is 7.64. The Hall–Kier alpha value is -4.62. The molecular formula is C68H92O4P2. The van der Waals surface area contributed by atoms with E-state index in [-0.39, 0.29) is 43.3 Å². The first-order chi connectivity index (χ1) is 33.7. The molecule has 0 fully saturated rings. The minimum Gasteiger partial charge on any atom is -0.435 e. The van der Waals surface area contributed by atoms with Crippen molar-refractivity contribution >= 4 is 27.4 Å². The Morgan fingerprint density at radius 1 is 0.270 bits per heavy atom. The molecule has 398 valence electrons. The summed E-state index contributed by atoms with van der Waals surface area (Å²) in [6, 6.07) is 44.2. The first kappa shape index (κ1) is 58.6. The molecular weight excluding hydrogens is 943 g/mol. The number of benzene rings is 6. The van der Waals surface area contributed by atoms with E-state index in [9.17, 15) is 0 Å². The van der Waals surface area contributed by atoms with E-state index in [1.165, 1.54) is 22.3 Å². The van der Waals surface area contributed by atoms with E-state index in [2.05, 4.69) is 287 Å². The molecule has 0 aliphatic carbocycles. The minimum absolute atomic E-state index is 0.0636. The minimum atomic E-state index is -2.00. The third-order valence-corrected chi connectivity index (χ3v) is 17.1. The standard InChI is InChI=1S/C68H92O4P2/c1-61(2,3)46-33-37-55(51(41-46)65(13,14)15)69-73(70-56-38-34-47(62(4,5)6)42-52(56)66(16,17)18)59-32-28-31-50(45-29-26-25-27-30-45)60(59)74(71-57-39-35-48(63(7,8)9)43-53(57)67(19,20)21)72-58-40-36-49(64(10,11)12)44-54(58)68(22,23)24/h25-44H,1-24H3. The van der Waals surface area contributed by atoms with E-state index >= 15 is 0 Å². The summed E-state index contributed by atoms with van der Waals surface area (Å²) in [5, 5.41) is 1.80. The van der Waals surface area contributed by atoms with Gasteiger partial charge in [0, 0.05) is 22.3 Å². The van der Waals surface area contributed by atoms with Crippen LogP contribution in [0.5, 0.6) is 23.0 Å². The molecule has 0 atom stereocenters. The Labute approximate surface area is 452 Å². The van der Waals surface area contributed by atoms with Gasteiger partial charge in [-0.2, -0.15) is 0 Å². The maximum atomic E-state index is 7.75. The lowest BCUT2D eigenvalue weighted by Crippen LogP contribution is -2.31. The highest BCUT2D eigenvalue weighted by atomic mass is 31.2. The predicted molar refractivity (Wildman–Crippen MR) is 323 cm³/mol. The zero-order valence-corrected chi connectivity index (χ0v) is 51.9. The van der Waals surface area contributed by atoms with Gasteiger partial charge < -0.3 is 18.1 Å². The lowest BCUT2D eigenvalue weighted by atomic mass is 9.80. The van der Waals surface area contributed by atoms with Crippen molar-refractivity contribution < 1.29 is 18.1 Å². The van der Waals surface area contributed by atoms with E-state index in [1.54, 1.807) is 0 Å². The van der Waals surface area contributed by atoms with E-state index < -0.39 is 16.8 Å². The van der Waals surface area contributed by atoms with Crippen molar-refractivity contribution in [1.29, 1.82) is 0 Å². The molecule has 74 heavy (non-hydrogen) atoms. The zero-order valence-electron chi connectivity index (χ0n) is 50.1. The fourth-order valence-electron chi connectivity index (χ4n) is 8.95. The first-order valence-electron chi connectivity index (χ1n) is 26.9. The van der Waals surface area contributed by atoms with Crippen LogP contribution in [0.15, 0.2) is 121 Å². The molecule has 6 heteroatoms. The summed E-state index contributed by atoms with van der Waals surface area (Å²) in [7, 11) is -3.97. The summed E-state index contributed by atoms with van der Waals surface area (Å²) in [5.41, 5.74) is 10.3. The maximum absolute atomic E-state index is 7.75. The van der Waals surface area contributed by atoms with Gasteiger partial charge in [-0.25, -0.2) is 0 Å². The van der Waals surface area contributed by atoms with Crippen molar-refractivity contribution in [2.45, 2.75) is 209 Å². The average molecular weight is 1040 g/mol. The second-order valence-corrected chi connectivity index (χ2v) is 31.5. The first-order valence-corrected chi connectivity index (χ1v) is 29.2. The molecule has 0 saturated heterocycles. The van der Waals surface area contributed by atoms with Gasteiger partial charge in [0.1, 0.15) is 23.0 Å². The third kappa shape index (κ3) is 14.0. The molecule has 0 bridgehead atoms. The van der Waals surface area contributed by atoms with Crippen molar-refractivity contribution in [2.75, 3.05) is 0 Å². The Bertz CT molecular complexity index is 2750. The normalized spacial score (nSPS) is 13.4. The third-order valence-electron chi connectivity index (χ3n) is 13.8.